The molecule has 0 saturated carbocycles. The molecule has 0 radical (unpaired) electrons. The molecule has 16 heavy (non-hydrogen) atoms. The summed E-state index contributed by atoms with van der Waals surface area (Å²) in [6.07, 6.45) is 2.91. The van der Waals surface area contributed by atoms with Crippen molar-refractivity contribution < 1.29 is 5.11 Å². The highest BCUT2D eigenvalue weighted by atomic mass is 79.9. The molecule has 1 aromatic rings. The molecular weight excluding hydrogens is 286 g/mol. The van der Waals surface area contributed by atoms with Crippen LogP contribution >= 0.6 is 27.3 Å². The van der Waals surface area contributed by atoms with Crippen molar-refractivity contribution in [2.45, 2.75) is 38.3 Å². The van der Waals surface area contributed by atoms with Gasteiger partial charge in [0.15, 0.2) is 0 Å². The van der Waals surface area contributed by atoms with Gasteiger partial charge in [-0.3, -0.25) is 4.90 Å². The first-order chi connectivity index (χ1) is 7.55. The molecule has 1 N–H and O–H groups in total. The zero-order chi connectivity index (χ0) is 11.6. The van der Waals surface area contributed by atoms with E-state index in [9.17, 15) is 5.11 Å². The average molecular weight is 304 g/mol. The van der Waals surface area contributed by atoms with Crippen LogP contribution < -0.4 is 0 Å². The van der Waals surface area contributed by atoms with Gasteiger partial charge >= 0.3 is 0 Å². The van der Waals surface area contributed by atoms with Crippen LogP contribution in [0.5, 0.6) is 0 Å². The Morgan fingerprint density at radius 3 is 3.00 bits per heavy atom. The monoisotopic (exact) mass is 303 g/mol. The zero-order valence-corrected chi connectivity index (χ0v) is 12.0. The van der Waals surface area contributed by atoms with Crippen molar-refractivity contribution in [1.82, 2.24) is 4.90 Å². The highest BCUT2D eigenvalue weighted by Crippen LogP contribution is 2.25. The predicted octanol–water partition coefficient (Wildman–Crippen LogP) is 3.25. The number of hydrogen-bond acceptors (Lipinski definition) is 3. The predicted molar refractivity (Wildman–Crippen MR) is 71.8 cm³/mol. The second-order valence-electron chi connectivity index (χ2n) is 4.89. The van der Waals surface area contributed by atoms with Crippen LogP contribution in [0, 0.1) is 0 Å². The van der Waals surface area contributed by atoms with Gasteiger partial charge in [0.25, 0.3) is 0 Å². The lowest BCUT2D eigenvalue weighted by Gasteiger charge is -2.22. The average Bonchev–Trinajstić information content (AvgIpc) is 2.52. The van der Waals surface area contributed by atoms with Crippen LogP contribution in [0.2, 0.25) is 0 Å². The van der Waals surface area contributed by atoms with Crippen LogP contribution in [-0.2, 0) is 6.54 Å². The fourth-order valence-electron chi connectivity index (χ4n) is 2.16. The van der Waals surface area contributed by atoms with Gasteiger partial charge in [-0.25, -0.2) is 0 Å². The number of halogens is 1. The summed E-state index contributed by atoms with van der Waals surface area (Å²) < 4.78 is 1.20. The normalized spacial score (nSPS) is 27.9. The lowest BCUT2D eigenvalue weighted by molar-refractivity contribution is 0.0444. The molecule has 1 aliphatic rings. The van der Waals surface area contributed by atoms with Gasteiger partial charge in [-0.1, -0.05) is 0 Å². The maximum absolute atomic E-state index is 10.0. The van der Waals surface area contributed by atoms with E-state index in [4.69, 9.17) is 0 Å². The molecule has 0 spiro atoms. The highest BCUT2D eigenvalue weighted by Gasteiger charge is 2.24. The molecule has 2 nitrogen and oxygen atoms in total. The SMILES string of the molecule is CC1(O)CCCN(Cc2csc(Br)c2)CC1. The third kappa shape index (κ3) is 3.55. The smallest absolute Gasteiger partial charge is 0.0701 e. The van der Waals surface area contributed by atoms with Crippen LogP contribution in [0.3, 0.4) is 0 Å². The number of hydrogen-bond donors (Lipinski definition) is 1. The Bertz CT molecular complexity index is 351. The van der Waals surface area contributed by atoms with Crippen LogP contribution in [0.25, 0.3) is 0 Å². The summed E-state index contributed by atoms with van der Waals surface area (Å²) >= 11 is 5.23. The van der Waals surface area contributed by atoms with Crippen molar-refractivity contribution in [2.75, 3.05) is 13.1 Å². The Morgan fingerprint density at radius 1 is 1.50 bits per heavy atom. The van der Waals surface area contributed by atoms with E-state index in [-0.39, 0.29) is 0 Å². The summed E-state index contributed by atoms with van der Waals surface area (Å²) in [4.78, 5) is 2.44. The molecule has 0 aliphatic carbocycles. The molecule has 1 aliphatic heterocycles. The minimum atomic E-state index is -0.454. The molecule has 0 bridgehead atoms. The molecular formula is C12H18BrNOS. The third-order valence-electron chi connectivity index (χ3n) is 3.18. The lowest BCUT2D eigenvalue weighted by Crippen LogP contribution is -2.28. The maximum atomic E-state index is 10.0. The van der Waals surface area contributed by atoms with E-state index in [1.807, 2.05) is 6.92 Å². The van der Waals surface area contributed by atoms with Crippen molar-refractivity contribution in [3.05, 3.63) is 20.8 Å². The van der Waals surface area contributed by atoms with Crippen LogP contribution in [0.4, 0.5) is 0 Å². The van der Waals surface area contributed by atoms with E-state index in [1.54, 1.807) is 11.3 Å². The Morgan fingerprint density at radius 2 is 2.31 bits per heavy atom. The van der Waals surface area contributed by atoms with E-state index >= 15 is 0 Å². The first-order valence-electron chi connectivity index (χ1n) is 5.73. The largest absolute Gasteiger partial charge is 0.390 e. The molecule has 2 heterocycles. The molecule has 1 aromatic heterocycles. The second-order valence-corrected chi connectivity index (χ2v) is 7.18. The zero-order valence-electron chi connectivity index (χ0n) is 9.58. The number of nitrogens with zero attached hydrogens (tertiary/aromatic N) is 1. The van der Waals surface area contributed by atoms with Crippen LogP contribution in [0.1, 0.15) is 31.7 Å². The standard InChI is InChI=1S/C12H18BrNOS/c1-12(15)3-2-5-14(6-4-12)8-10-7-11(13)16-9-10/h7,9,15H,2-6,8H2,1H3. The van der Waals surface area contributed by atoms with Crippen LogP contribution in [-0.4, -0.2) is 28.7 Å². The minimum absolute atomic E-state index is 0.454. The topological polar surface area (TPSA) is 23.5 Å². The van der Waals surface area contributed by atoms with Crippen molar-refractivity contribution in [2.24, 2.45) is 0 Å². The molecule has 1 unspecified atom stereocenters. The summed E-state index contributed by atoms with van der Waals surface area (Å²) in [5.41, 5.74) is 0.919. The molecule has 0 aromatic carbocycles. The summed E-state index contributed by atoms with van der Waals surface area (Å²) in [6, 6.07) is 2.19. The molecule has 4 heteroatoms. The van der Waals surface area contributed by atoms with Gasteiger partial charge in [0.2, 0.25) is 0 Å². The Hall–Kier alpha value is 0.100. The summed E-state index contributed by atoms with van der Waals surface area (Å²) in [5, 5.41) is 12.2. The maximum Gasteiger partial charge on any atom is 0.0701 e. The molecule has 2 rings (SSSR count). The fraction of sp³-hybridized carbons (Fsp3) is 0.667. The first kappa shape index (κ1) is 12.6. The van der Waals surface area contributed by atoms with Crippen molar-refractivity contribution >= 4 is 27.3 Å². The Labute approximate surface area is 109 Å². The van der Waals surface area contributed by atoms with E-state index < -0.39 is 5.60 Å². The summed E-state index contributed by atoms with van der Waals surface area (Å²) in [7, 11) is 0. The number of aliphatic hydroxyl groups is 1. The van der Waals surface area contributed by atoms with Gasteiger partial charge < -0.3 is 5.11 Å². The number of likely N-dealkylation sites (tertiary alicyclic amines) is 1. The second kappa shape index (κ2) is 5.17. The van der Waals surface area contributed by atoms with E-state index in [0.29, 0.717) is 0 Å². The van der Waals surface area contributed by atoms with Crippen molar-refractivity contribution in [3.8, 4) is 0 Å². The lowest BCUT2D eigenvalue weighted by atomic mass is 9.98. The van der Waals surface area contributed by atoms with E-state index in [0.717, 1.165) is 38.9 Å². The highest BCUT2D eigenvalue weighted by molar-refractivity contribution is 9.11. The van der Waals surface area contributed by atoms with Gasteiger partial charge in [-0.05, 0) is 65.7 Å². The molecule has 90 valence electrons. The van der Waals surface area contributed by atoms with Crippen molar-refractivity contribution in [1.29, 1.82) is 0 Å². The molecule has 1 atom stereocenters. The van der Waals surface area contributed by atoms with Gasteiger partial charge in [0.1, 0.15) is 0 Å². The van der Waals surface area contributed by atoms with Crippen molar-refractivity contribution in [3.63, 3.8) is 0 Å². The number of rotatable bonds is 2. The molecule has 0 amide bonds. The Balaban J connectivity index is 1.91. The molecule has 1 saturated heterocycles. The quantitative estimate of drug-likeness (QED) is 0.906. The third-order valence-corrected chi connectivity index (χ3v) is 4.74. The van der Waals surface area contributed by atoms with Gasteiger partial charge in [-0.2, -0.15) is 0 Å². The van der Waals surface area contributed by atoms with Gasteiger partial charge in [-0.15, -0.1) is 11.3 Å². The van der Waals surface area contributed by atoms with Gasteiger partial charge in [0, 0.05) is 13.1 Å². The van der Waals surface area contributed by atoms with Gasteiger partial charge in [0.05, 0.1) is 9.39 Å². The van der Waals surface area contributed by atoms with Crippen LogP contribution in [0.15, 0.2) is 15.2 Å². The minimum Gasteiger partial charge on any atom is -0.390 e. The molecule has 1 fully saturated rings. The fourth-order valence-corrected chi connectivity index (χ4v) is 3.36. The summed E-state index contributed by atoms with van der Waals surface area (Å²) in [5.74, 6) is 0. The Kier molecular flexibility index (Phi) is 4.06. The van der Waals surface area contributed by atoms with E-state index in [2.05, 4.69) is 32.3 Å². The van der Waals surface area contributed by atoms with E-state index in [1.165, 1.54) is 9.35 Å². The number of thiophene rings is 1. The summed E-state index contributed by atoms with van der Waals surface area (Å²) in [6.45, 7) is 5.07. The first-order valence-corrected chi connectivity index (χ1v) is 7.40.